The van der Waals surface area contributed by atoms with Gasteiger partial charge in [-0.25, -0.2) is 0 Å². The molecule has 0 aliphatic carbocycles. The fraction of sp³-hybridized carbons (Fsp3) is 0.0690. The van der Waals surface area contributed by atoms with Crippen molar-refractivity contribution in [2.24, 2.45) is 0 Å². The Hall–Kier alpha value is -7.42. The Bertz CT molecular complexity index is 3490. The van der Waals surface area contributed by atoms with E-state index in [1.54, 1.807) is 0 Å². The zero-order valence-electron chi connectivity index (χ0n) is 33.8. The molecule has 2 heteroatoms. The molecule has 284 valence electrons. The van der Waals surface area contributed by atoms with Crippen LogP contribution < -0.4 is 0 Å². The van der Waals surface area contributed by atoms with Crippen molar-refractivity contribution in [3.05, 3.63) is 194 Å². The molecule has 0 aliphatic heterocycles. The van der Waals surface area contributed by atoms with Crippen LogP contribution in [0.3, 0.4) is 0 Å². The van der Waals surface area contributed by atoms with Crippen molar-refractivity contribution in [3.8, 4) is 44.5 Å². The van der Waals surface area contributed by atoms with Crippen LogP contribution in [0.5, 0.6) is 0 Å². The first-order chi connectivity index (χ1) is 29.7. The molecule has 0 aliphatic rings. The standard InChI is InChI=1S/C58H42N2/c1-3-59-53-34-10-8-22-42(53)48-31-16-29-46(57(48)59)40-25-14-27-44-51(40)36-52-41(47-30-17-32-49-43-23-9-11-35-54(43)60(4-2)58(47)49)26-15-28-45(52)56(44)50-33-13-21-38-20-12-24-39(55(38)50)37-18-6-5-7-19-37/h5-36H,3-4H2,1-2H3. The summed E-state index contributed by atoms with van der Waals surface area (Å²) in [6.07, 6.45) is 0. The Kier molecular flexibility index (Phi) is 7.83. The summed E-state index contributed by atoms with van der Waals surface area (Å²) in [7, 11) is 0. The van der Waals surface area contributed by atoms with Gasteiger partial charge >= 0.3 is 0 Å². The molecular weight excluding hydrogens is 725 g/mol. The van der Waals surface area contributed by atoms with Gasteiger partial charge in [0.1, 0.15) is 0 Å². The maximum atomic E-state index is 2.51. The Morgan fingerprint density at radius 1 is 0.317 bits per heavy atom. The zero-order chi connectivity index (χ0) is 39.9. The predicted octanol–water partition coefficient (Wildman–Crippen LogP) is 16.1. The Morgan fingerprint density at radius 3 is 1.27 bits per heavy atom. The number of benzene rings is 10. The number of hydrogen-bond acceptors (Lipinski definition) is 0. The number of fused-ring (bicyclic) bond motifs is 9. The summed E-state index contributed by atoms with van der Waals surface area (Å²) >= 11 is 0. The van der Waals surface area contributed by atoms with Gasteiger partial charge < -0.3 is 9.13 Å². The zero-order valence-corrected chi connectivity index (χ0v) is 33.8. The highest BCUT2D eigenvalue weighted by Crippen LogP contribution is 2.48. The monoisotopic (exact) mass is 766 g/mol. The second-order valence-corrected chi connectivity index (χ2v) is 16.1. The van der Waals surface area contributed by atoms with Gasteiger partial charge in [-0.3, -0.25) is 0 Å². The molecule has 0 fully saturated rings. The highest BCUT2D eigenvalue weighted by atomic mass is 15.0. The third-order valence-electron chi connectivity index (χ3n) is 13.1. The summed E-state index contributed by atoms with van der Waals surface area (Å²) in [5, 5.41) is 12.7. The lowest BCUT2D eigenvalue weighted by atomic mass is 9.83. The van der Waals surface area contributed by atoms with E-state index in [1.807, 2.05) is 0 Å². The van der Waals surface area contributed by atoms with Crippen LogP contribution in [-0.2, 0) is 13.1 Å². The van der Waals surface area contributed by atoms with Gasteiger partial charge in [0.25, 0.3) is 0 Å². The third kappa shape index (κ3) is 4.94. The predicted molar refractivity (Wildman–Crippen MR) is 258 cm³/mol. The summed E-state index contributed by atoms with van der Waals surface area (Å²) in [5.74, 6) is 0. The first-order valence-electron chi connectivity index (χ1n) is 21.3. The van der Waals surface area contributed by atoms with E-state index in [0.29, 0.717) is 0 Å². The minimum absolute atomic E-state index is 0.887. The largest absolute Gasteiger partial charge is 0.340 e. The molecule has 0 saturated carbocycles. The van der Waals surface area contributed by atoms with Crippen LogP contribution in [0.15, 0.2) is 194 Å². The molecule has 2 nitrogen and oxygen atoms in total. The van der Waals surface area contributed by atoms with Crippen molar-refractivity contribution >= 4 is 75.9 Å². The fourth-order valence-electron chi connectivity index (χ4n) is 10.6. The van der Waals surface area contributed by atoms with E-state index >= 15 is 0 Å². The molecule has 2 aromatic heterocycles. The molecule has 0 saturated heterocycles. The van der Waals surface area contributed by atoms with Crippen molar-refractivity contribution in [3.63, 3.8) is 0 Å². The SMILES string of the molecule is CCn1c2ccccc2c2cccc(-c3cccc4c(-c5cccc6cccc(-c7ccccc7)c56)c5cccc(-c6cccc7c8ccccc8n(CC)c67)c5cc34)c21. The highest BCUT2D eigenvalue weighted by Gasteiger charge is 2.22. The summed E-state index contributed by atoms with van der Waals surface area (Å²) in [6, 6.07) is 72.5. The lowest BCUT2D eigenvalue weighted by Crippen LogP contribution is -1.97. The van der Waals surface area contributed by atoms with E-state index in [2.05, 4.69) is 217 Å². The van der Waals surface area contributed by atoms with Gasteiger partial charge in [-0.05, 0) is 97.7 Å². The van der Waals surface area contributed by atoms with E-state index in [1.165, 1.54) is 120 Å². The van der Waals surface area contributed by atoms with Crippen molar-refractivity contribution in [1.82, 2.24) is 9.13 Å². The van der Waals surface area contributed by atoms with E-state index < -0.39 is 0 Å². The van der Waals surface area contributed by atoms with Gasteiger partial charge in [-0.15, -0.1) is 0 Å². The van der Waals surface area contributed by atoms with Crippen LogP contribution in [0.1, 0.15) is 13.8 Å². The third-order valence-corrected chi connectivity index (χ3v) is 13.1. The molecule has 12 aromatic rings. The smallest absolute Gasteiger partial charge is 0.0571 e. The average Bonchev–Trinajstić information content (AvgIpc) is 3.83. The van der Waals surface area contributed by atoms with Crippen LogP contribution >= 0.6 is 0 Å². The van der Waals surface area contributed by atoms with Crippen LogP contribution in [0, 0.1) is 0 Å². The minimum Gasteiger partial charge on any atom is -0.340 e. The number of aromatic nitrogens is 2. The van der Waals surface area contributed by atoms with E-state index in [9.17, 15) is 0 Å². The lowest BCUT2D eigenvalue weighted by Gasteiger charge is -2.20. The molecule has 10 aromatic carbocycles. The molecule has 2 heterocycles. The molecule has 60 heavy (non-hydrogen) atoms. The first kappa shape index (κ1) is 34.6. The Balaban J connectivity index is 1.26. The van der Waals surface area contributed by atoms with E-state index in [-0.39, 0.29) is 0 Å². The number of rotatable bonds is 6. The molecule has 0 unspecified atom stereocenters. The van der Waals surface area contributed by atoms with Crippen molar-refractivity contribution < 1.29 is 0 Å². The van der Waals surface area contributed by atoms with Gasteiger partial charge in [-0.1, -0.05) is 176 Å². The van der Waals surface area contributed by atoms with Crippen LogP contribution in [-0.4, -0.2) is 9.13 Å². The van der Waals surface area contributed by atoms with Crippen molar-refractivity contribution in [1.29, 1.82) is 0 Å². The molecule has 0 radical (unpaired) electrons. The normalized spacial score (nSPS) is 12.0. The topological polar surface area (TPSA) is 9.86 Å². The summed E-state index contributed by atoms with van der Waals surface area (Å²) in [6.45, 7) is 6.31. The second-order valence-electron chi connectivity index (χ2n) is 16.1. The molecule has 12 rings (SSSR count). The number of hydrogen-bond donors (Lipinski definition) is 0. The molecule has 0 bridgehead atoms. The van der Waals surface area contributed by atoms with Crippen LogP contribution in [0.4, 0.5) is 0 Å². The van der Waals surface area contributed by atoms with Gasteiger partial charge in [-0.2, -0.15) is 0 Å². The Morgan fingerprint density at radius 2 is 0.733 bits per heavy atom. The second kappa shape index (κ2) is 13.6. The highest BCUT2D eigenvalue weighted by molar-refractivity contribution is 6.25. The number of aryl methyl sites for hydroxylation is 2. The van der Waals surface area contributed by atoms with Gasteiger partial charge in [0.05, 0.1) is 11.0 Å². The van der Waals surface area contributed by atoms with E-state index in [4.69, 9.17) is 0 Å². The summed E-state index contributed by atoms with van der Waals surface area (Å²) < 4.78 is 5.01. The molecule has 0 spiro atoms. The molecule has 0 N–H and O–H groups in total. The van der Waals surface area contributed by atoms with Crippen molar-refractivity contribution in [2.75, 3.05) is 0 Å². The molecule has 0 atom stereocenters. The van der Waals surface area contributed by atoms with Gasteiger partial charge in [0.2, 0.25) is 0 Å². The summed E-state index contributed by atoms with van der Waals surface area (Å²) in [5.41, 5.74) is 15.1. The quantitative estimate of drug-likeness (QED) is 0.149. The summed E-state index contributed by atoms with van der Waals surface area (Å²) in [4.78, 5) is 0. The number of para-hydroxylation sites is 4. The molecule has 0 amide bonds. The maximum Gasteiger partial charge on any atom is 0.0571 e. The van der Waals surface area contributed by atoms with E-state index in [0.717, 1.165) is 13.1 Å². The fourth-order valence-corrected chi connectivity index (χ4v) is 10.6. The first-order valence-corrected chi connectivity index (χ1v) is 21.3. The maximum absolute atomic E-state index is 2.51. The number of nitrogens with zero attached hydrogens (tertiary/aromatic N) is 2. The van der Waals surface area contributed by atoms with Gasteiger partial charge in [0.15, 0.2) is 0 Å². The van der Waals surface area contributed by atoms with Crippen LogP contribution in [0.25, 0.3) is 120 Å². The van der Waals surface area contributed by atoms with Gasteiger partial charge in [0, 0.05) is 56.8 Å². The lowest BCUT2D eigenvalue weighted by molar-refractivity contribution is 0.828. The average molecular weight is 767 g/mol. The van der Waals surface area contributed by atoms with Crippen LogP contribution in [0.2, 0.25) is 0 Å². The Labute approximate surface area is 349 Å². The minimum atomic E-state index is 0.887. The molecular formula is C58H42N2. The van der Waals surface area contributed by atoms with Crippen molar-refractivity contribution in [2.45, 2.75) is 26.9 Å².